The first-order valence-corrected chi connectivity index (χ1v) is 8.94. The number of aromatic nitrogens is 2. The minimum absolute atomic E-state index is 0.538. The van der Waals surface area contributed by atoms with E-state index in [0.29, 0.717) is 11.6 Å². The zero-order chi connectivity index (χ0) is 18.8. The monoisotopic (exact) mass is 359 g/mol. The van der Waals surface area contributed by atoms with Gasteiger partial charge in [-0.2, -0.15) is 0 Å². The molecule has 0 bridgehead atoms. The maximum absolute atomic E-state index is 5.48. The molecule has 0 unspecified atom stereocenters. The molecule has 4 rings (SSSR count). The summed E-state index contributed by atoms with van der Waals surface area (Å²) in [5, 5.41) is 0. The van der Waals surface area contributed by atoms with E-state index in [1.807, 2.05) is 30.3 Å². The van der Waals surface area contributed by atoms with Crippen LogP contribution in [-0.2, 0) is 0 Å². The molecule has 0 radical (unpaired) electrons. The van der Waals surface area contributed by atoms with Gasteiger partial charge in [-0.25, -0.2) is 4.98 Å². The number of benzene rings is 2. The molecule has 1 aliphatic rings. The van der Waals surface area contributed by atoms with Crippen molar-refractivity contribution in [2.75, 3.05) is 25.7 Å². The maximum atomic E-state index is 5.48. The van der Waals surface area contributed by atoms with E-state index in [1.165, 1.54) is 12.8 Å². The van der Waals surface area contributed by atoms with Crippen LogP contribution in [0.15, 0.2) is 42.6 Å². The van der Waals surface area contributed by atoms with E-state index >= 15 is 0 Å². The Labute approximate surface area is 159 Å². The van der Waals surface area contributed by atoms with Crippen LogP contribution in [0.2, 0.25) is 0 Å². The SMILES string of the molecule is C#Cc1cnc2ccc(N(CC3CC3)c3cc(OC)cc(OC)c3)cc2n1. The molecule has 1 aliphatic carbocycles. The van der Waals surface area contributed by atoms with E-state index < -0.39 is 0 Å². The number of anilines is 2. The molecule has 0 amide bonds. The van der Waals surface area contributed by atoms with Crippen LogP contribution in [0.4, 0.5) is 11.4 Å². The molecule has 0 N–H and O–H groups in total. The first-order chi connectivity index (χ1) is 13.2. The number of nitrogens with zero attached hydrogens (tertiary/aromatic N) is 3. The third-order valence-corrected chi connectivity index (χ3v) is 4.77. The fourth-order valence-electron chi connectivity index (χ4n) is 3.10. The van der Waals surface area contributed by atoms with E-state index in [0.717, 1.165) is 40.5 Å². The zero-order valence-corrected chi connectivity index (χ0v) is 15.5. The highest BCUT2D eigenvalue weighted by molar-refractivity contribution is 5.81. The molecule has 0 spiro atoms. The van der Waals surface area contributed by atoms with Gasteiger partial charge in [0, 0.05) is 36.1 Å². The lowest BCUT2D eigenvalue weighted by Crippen LogP contribution is -2.20. The molecule has 0 saturated heterocycles. The molecule has 136 valence electrons. The van der Waals surface area contributed by atoms with Crippen LogP contribution in [-0.4, -0.2) is 30.7 Å². The lowest BCUT2D eigenvalue weighted by molar-refractivity contribution is 0.394. The summed E-state index contributed by atoms with van der Waals surface area (Å²) in [5.41, 5.74) is 4.23. The number of hydrogen-bond donors (Lipinski definition) is 0. The summed E-state index contributed by atoms with van der Waals surface area (Å²) in [6.45, 7) is 0.935. The van der Waals surface area contributed by atoms with Gasteiger partial charge in [0.2, 0.25) is 0 Å². The minimum atomic E-state index is 0.538. The number of methoxy groups -OCH3 is 2. The van der Waals surface area contributed by atoms with Crippen LogP contribution >= 0.6 is 0 Å². The molecule has 27 heavy (non-hydrogen) atoms. The summed E-state index contributed by atoms with van der Waals surface area (Å²) in [6, 6.07) is 12.0. The molecule has 5 heteroatoms. The van der Waals surface area contributed by atoms with Crippen molar-refractivity contribution in [2.24, 2.45) is 5.92 Å². The number of rotatable bonds is 6. The van der Waals surface area contributed by atoms with Crippen LogP contribution in [0.1, 0.15) is 18.5 Å². The predicted octanol–water partition coefficient (Wildman–Crippen LogP) is 4.18. The standard InChI is InChI=1S/C22H21N3O2/c1-4-16-13-23-21-8-7-17(11-22(21)24-16)25(14-15-5-6-15)18-9-19(26-2)12-20(10-18)27-3/h1,7-13,15H,5-6,14H2,2-3H3. The van der Waals surface area contributed by atoms with Gasteiger partial charge in [0.15, 0.2) is 0 Å². The van der Waals surface area contributed by atoms with Crippen molar-refractivity contribution in [1.29, 1.82) is 0 Å². The Morgan fingerprint density at radius 2 is 1.78 bits per heavy atom. The molecule has 0 aliphatic heterocycles. The van der Waals surface area contributed by atoms with Crippen LogP contribution in [0.5, 0.6) is 11.5 Å². The topological polar surface area (TPSA) is 47.5 Å². The Morgan fingerprint density at radius 3 is 2.41 bits per heavy atom. The van der Waals surface area contributed by atoms with Gasteiger partial charge in [0.25, 0.3) is 0 Å². The van der Waals surface area contributed by atoms with Crippen molar-refractivity contribution in [2.45, 2.75) is 12.8 Å². The van der Waals surface area contributed by atoms with E-state index in [4.69, 9.17) is 15.9 Å². The van der Waals surface area contributed by atoms with Crippen LogP contribution in [0.25, 0.3) is 11.0 Å². The quantitative estimate of drug-likeness (QED) is 0.618. The number of hydrogen-bond acceptors (Lipinski definition) is 5. The van der Waals surface area contributed by atoms with Gasteiger partial charge in [-0.05, 0) is 42.9 Å². The van der Waals surface area contributed by atoms with Crippen molar-refractivity contribution < 1.29 is 9.47 Å². The van der Waals surface area contributed by atoms with Crippen molar-refractivity contribution >= 4 is 22.4 Å². The van der Waals surface area contributed by atoms with E-state index in [9.17, 15) is 0 Å². The average Bonchev–Trinajstić information content (AvgIpc) is 3.55. The van der Waals surface area contributed by atoms with Gasteiger partial charge in [-0.1, -0.05) is 0 Å². The summed E-state index contributed by atoms with van der Waals surface area (Å²) < 4.78 is 10.9. The lowest BCUT2D eigenvalue weighted by atomic mass is 10.2. The molecule has 0 atom stereocenters. The highest BCUT2D eigenvalue weighted by Gasteiger charge is 2.26. The Hall–Kier alpha value is -3.26. The fourth-order valence-corrected chi connectivity index (χ4v) is 3.10. The molecule has 1 fully saturated rings. The summed E-state index contributed by atoms with van der Waals surface area (Å²) >= 11 is 0. The van der Waals surface area contributed by atoms with Crippen molar-refractivity contribution in [3.63, 3.8) is 0 Å². The molecule has 1 saturated carbocycles. The second kappa shape index (κ2) is 7.16. The first-order valence-electron chi connectivity index (χ1n) is 8.94. The summed E-state index contributed by atoms with van der Waals surface area (Å²) in [5.74, 6) is 4.78. The Morgan fingerprint density at radius 1 is 1.04 bits per heavy atom. The molecule has 1 heterocycles. The second-order valence-corrected chi connectivity index (χ2v) is 6.70. The summed E-state index contributed by atoms with van der Waals surface area (Å²) in [4.78, 5) is 11.2. The normalized spacial score (nSPS) is 13.2. The Kier molecular flexibility index (Phi) is 4.55. The van der Waals surface area contributed by atoms with Gasteiger partial charge in [0.05, 0.1) is 31.4 Å². The lowest BCUT2D eigenvalue weighted by Gasteiger charge is -2.26. The van der Waals surface area contributed by atoms with E-state index in [2.05, 4.69) is 26.9 Å². The predicted molar refractivity (Wildman–Crippen MR) is 107 cm³/mol. The van der Waals surface area contributed by atoms with Gasteiger partial charge in [-0.3, -0.25) is 4.98 Å². The molecule has 1 aromatic heterocycles. The maximum Gasteiger partial charge on any atom is 0.131 e. The summed E-state index contributed by atoms with van der Waals surface area (Å²) in [7, 11) is 3.33. The minimum Gasteiger partial charge on any atom is -0.497 e. The number of fused-ring (bicyclic) bond motifs is 1. The first kappa shape index (κ1) is 17.2. The molecular weight excluding hydrogens is 338 g/mol. The third-order valence-electron chi connectivity index (χ3n) is 4.77. The van der Waals surface area contributed by atoms with Crippen molar-refractivity contribution in [3.05, 3.63) is 48.3 Å². The molecule has 3 aromatic rings. The van der Waals surface area contributed by atoms with E-state index in [-0.39, 0.29) is 0 Å². The van der Waals surface area contributed by atoms with Gasteiger partial charge < -0.3 is 14.4 Å². The largest absolute Gasteiger partial charge is 0.497 e. The van der Waals surface area contributed by atoms with Crippen molar-refractivity contribution in [3.8, 4) is 23.8 Å². The van der Waals surface area contributed by atoms with Crippen molar-refractivity contribution in [1.82, 2.24) is 9.97 Å². The highest BCUT2D eigenvalue weighted by atomic mass is 16.5. The van der Waals surface area contributed by atoms with Gasteiger partial charge in [-0.15, -0.1) is 6.42 Å². The molecule has 5 nitrogen and oxygen atoms in total. The smallest absolute Gasteiger partial charge is 0.131 e. The third kappa shape index (κ3) is 3.65. The number of ether oxygens (including phenoxy) is 2. The Bertz CT molecular complexity index is 999. The Balaban J connectivity index is 1.80. The zero-order valence-electron chi connectivity index (χ0n) is 15.5. The van der Waals surface area contributed by atoms with Crippen LogP contribution in [0.3, 0.4) is 0 Å². The number of terminal acetylenes is 1. The van der Waals surface area contributed by atoms with Crippen LogP contribution < -0.4 is 14.4 Å². The molecule has 2 aromatic carbocycles. The summed E-state index contributed by atoms with van der Waals surface area (Å²) in [6.07, 6.45) is 9.61. The van der Waals surface area contributed by atoms with Gasteiger partial charge >= 0.3 is 0 Å². The second-order valence-electron chi connectivity index (χ2n) is 6.70. The molecular formula is C22H21N3O2. The van der Waals surface area contributed by atoms with E-state index in [1.54, 1.807) is 20.4 Å². The van der Waals surface area contributed by atoms with Gasteiger partial charge in [0.1, 0.15) is 17.2 Å². The van der Waals surface area contributed by atoms with Crippen LogP contribution in [0, 0.1) is 18.3 Å². The average molecular weight is 359 g/mol. The fraction of sp³-hybridized carbons (Fsp3) is 0.273. The highest BCUT2D eigenvalue weighted by Crippen LogP contribution is 2.38.